The SMILES string of the molecule is Cc1ccc(C(C)C)cc1N(c1cccc(-c2ccccc2)c1)c1ccc2cc3c(cc2c1)-c1cc2ccc(N(c4cccc(-c5ccccc5)c4)c4cc(C(C)C)ccc4C)cc2cc1-3. The Labute approximate surface area is 390 Å². The van der Waals surface area contributed by atoms with Crippen LogP contribution in [-0.2, 0) is 0 Å². The quantitative estimate of drug-likeness (QED) is 0.135. The van der Waals surface area contributed by atoms with Gasteiger partial charge in [-0.2, -0.15) is 0 Å². The molecule has 0 atom stereocenters. The van der Waals surface area contributed by atoms with Crippen LogP contribution in [0.3, 0.4) is 0 Å². The minimum Gasteiger partial charge on any atom is -0.310 e. The Morgan fingerprint density at radius 2 is 0.652 bits per heavy atom. The lowest BCUT2D eigenvalue weighted by Crippen LogP contribution is -2.12. The van der Waals surface area contributed by atoms with Crippen LogP contribution in [0, 0.1) is 13.8 Å². The number of benzene rings is 10. The first-order valence-corrected chi connectivity index (χ1v) is 23.5. The zero-order chi connectivity index (χ0) is 45.1. The molecule has 10 aromatic carbocycles. The van der Waals surface area contributed by atoms with E-state index < -0.39 is 0 Å². The van der Waals surface area contributed by atoms with Gasteiger partial charge in [-0.25, -0.2) is 0 Å². The minimum absolute atomic E-state index is 0.418. The van der Waals surface area contributed by atoms with Gasteiger partial charge in [0.2, 0.25) is 0 Å². The largest absolute Gasteiger partial charge is 0.310 e. The lowest BCUT2D eigenvalue weighted by molar-refractivity contribution is 0.865. The van der Waals surface area contributed by atoms with Crippen molar-refractivity contribution in [2.45, 2.75) is 53.4 Å². The van der Waals surface area contributed by atoms with Crippen LogP contribution >= 0.6 is 0 Å². The van der Waals surface area contributed by atoms with E-state index in [1.807, 2.05) is 0 Å². The average molecular weight is 851 g/mol. The van der Waals surface area contributed by atoms with Gasteiger partial charge in [0.1, 0.15) is 0 Å². The average Bonchev–Trinajstić information content (AvgIpc) is 3.35. The Morgan fingerprint density at radius 1 is 0.288 bits per heavy atom. The number of rotatable bonds is 10. The molecule has 1 aliphatic rings. The fraction of sp³-hybridized carbons (Fsp3) is 0.125. The molecule has 1 aliphatic carbocycles. The van der Waals surface area contributed by atoms with Gasteiger partial charge >= 0.3 is 0 Å². The summed E-state index contributed by atoms with van der Waals surface area (Å²) in [6.07, 6.45) is 0. The van der Waals surface area contributed by atoms with E-state index >= 15 is 0 Å². The molecule has 0 bridgehead atoms. The summed E-state index contributed by atoms with van der Waals surface area (Å²) >= 11 is 0. The third-order valence-corrected chi connectivity index (χ3v) is 13.7. The molecule has 0 heterocycles. The van der Waals surface area contributed by atoms with Crippen molar-refractivity contribution in [3.8, 4) is 44.5 Å². The molecule has 11 rings (SSSR count). The van der Waals surface area contributed by atoms with Gasteiger partial charge in [-0.15, -0.1) is 0 Å². The van der Waals surface area contributed by atoms with Crippen molar-refractivity contribution in [3.63, 3.8) is 0 Å². The summed E-state index contributed by atoms with van der Waals surface area (Å²) in [5.41, 5.74) is 22.2. The van der Waals surface area contributed by atoms with Crippen LogP contribution in [0.4, 0.5) is 34.1 Å². The van der Waals surface area contributed by atoms with E-state index in [0.29, 0.717) is 11.8 Å². The number of nitrogens with zero attached hydrogens (tertiary/aromatic N) is 2. The molecule has 0 spiro atoms. The second-order valence-corrected chi connectivity index (χ2v) is 18.8. The third kappa shape index (κ3) is 7.43. The van der Waals surface area contributed by atoms with Gasteiger partial charge in [0.05, 0.1) is 0 Å². The molecule has 320 valence electrons. The number of hydrogen-bond acceptors (Lipinski definition) is 2. The van der Waals surface area contributed by atoms with Gasteiger partial charge in [-0.1, -0.05) is 149 Å². The first-order valence-electron chi connectivity index (χ1n) is 23.5. The number of hydrogen-bond donors (Lipinski definition) is 0. The molecule has 10 aromatic rings. The van der Waals surface area contributed by atoms with E-state index in [-0.39, 0.29) is 0 Å². The van der Waals surface area contributed by atoms with Crippen molar-refractivity contribution >= 4 is 55.7 Å². The van der Waals surface area contributed by atoms with Gasteiger partial charge in [-0.05, 0) is 199 Å². The summed E-state index contributed by atoms with van der Waals surface area (Å²) in [7, 11) is 0. The standard InChI is InChI=1S/C64H54N2/c1-41(2)47-25-23-43(5)63(39-47)65(55-21-13-19-49(31-55)45-15-9-7-10-16-45)57-29-27-51-35-59-61(37-53(51)33-57)60-36-52-28-30-58(34-54(52)38-62(59)60)66(64-40-48(42(3)4)26-24-44(64)6)56-22-14-20-50(32-56)46-17-11-8-12-18-46/h7-42H,1-6H3. The van der Waals surface area contributed by atoms with Crippen LogP contribution in [0.5, 0.6) is 0 Å². The Morgan fingerprint density at radius 3 is 1.05 bits per heavy atom. The fourth-order valence-corrected chi connectivity index (χ4v) is 9.89. The molecule has 0 aromatic heterocycles. The first kappa shape index (κ1) is 41.1. The highest BCUT2D eigenvalue weighted by molar-refractivity contribution is 6.12. The van der Waals surface area contributed by atoms with Crippen molar-refractivity contribution in [1.29, 1.82) is 0 Å². The monoisotopic (exact) mass is 850 g/mol. The van der Waals surface area contributed by atoms with Crippen LogP contribution in [0.15, 0.2) is 206 Å². The number of fused-ring (bicyclic) bond motifs is 6. The Hall–Kier alpha value is -7.68. The molecule has 2 heteroatoms. The zero-order valence-electron chi connectivity index (χ0n) is 38.7. The first-order chi connectivity index (χ1) is 32.2. The lowest BCUT2D eigenvalue weighted by Gasteiger charge is -2.30. The lowest BCUT2D eigenvalue weighted by atomic mass is 9.78. The molecule has 0 fully saturated rings. The van der Waals surface area contributed by atoms with Crippen LogP contribution in [0.1, 0.15) is 61.8 Å². The highest BCUT2D eigenvalue weighted by atomic mass is 15.1. The van der Waals surface area contributed by atoms with Crippen molar-refractivity contribution in [2.24, 2.45) is 0 Å². The Balaban J connectivity index is 0.994. The van der Waals surface area contributed by atoms with Gasteiger partial charge in [-0.3, -0.25) is 0 Å². The van der Waals surface area contributed by atoms with E-state index in [1.165, 1.54) is 99.7 Å². The van der Waals surface area contributed by atoms with E-state index in [0.717, 1.165) is 22.7 Å². The van der Waals surface area contributed by atoms with Gasteiger partial charge in [0.25, 0.3) is 0 Å². The molecule has 0 N–H and O–H groups in total. The van der Waals surface area contributed by atoms with Crippen molar-refractivity contribution in [1.82, 2.24) is 0 Å². The van der Waals surface area contributed by atoms with Crippen LogP contribution in [0.25, 0.3) is 66.1 Å². The molecular formula is C64H54N2. The van der Waals surface area contributed by atoms with E-state index in [2.05, 4.69) is 258 Å². The molecule has 0 radical (unpaired) electrons. The molecule has 66 heavy (non-hydrogen) atoms. The predicted octanol–water partition coefficient (Wildman–Crippen LogP) is 18.8. The van der Waals surface area contributed by atoms with Crippen LogP contribution < -0.4 is 9.80 Å². The van der Waals surface area contributed by atoms with Gasteiger partial charge in [0.15, 0.2) is 0 Å². The summed E-state index contributed by atoms with van der Waals surface area (Å²) in [5.74, 6) is 0.837. The summed E-state index contributed by atoms with van der Waals surface area (Å²) in [6, 6.07) is 76.8. The van der Waals surface area contributed by atoms with Gasteiger partial charge < -0.3 is 9.80 Å². The smallest absolute Gasteiger partial charge is 0.0493 e. The Kier molecular flexibility index (Phi) is 10.4. The molecule has 0 aliphatic heterocycles. The maximum Gasteiger partial charge on any atom is 0.0493 e. The fourth-order valence-electron chi connectivity index (χ4n) is 9.89. The Bertz CT molecular complexity index is 3210. The topological polar surface area (TPSA) is 6.48 Å². The minimum atomic E-state index is 0.418. The van der Waals surface area contributed by atoms with Gasteiger partial charge in [0, 0.05) is 34.1 Å². The predicted molar refractivity (Wildman–Crippen MR) is 284 cm³/mol. The van der Waals surface area contributed by atoms with E-state index in [4.69, 9.17) is 0 Å². The molecule has 2 nitrogen and oxygen atoms in total. The van der Waals surface area contributed by atoms with Crippen molar-refractivity contribution in [3.05, 3.63) is 229 Å². The van der Waals surface area contributed by atoms with Crippen LogP contribution in [0.2, 0.25) is 0 Å². The maximum absolute atomic E-state index is 2.45. The molecular weight excluding hydrogens is 797 g/mol. The second kappa shape index (κ2) is 16.7. The highest BCUT2D eigenvalue weighted by Gasteiger charge is 2.26. The number of aryl methyl sites for hydroxylation is 2. The molecule has 0 saturated carbocycles. The maximum atomic E-state index is 2.45. The van der Waals surface area contributed by atoms with Crippen LogP contribution in [-0.4, -0.2) is 0 Å². The van der Waals surface area contributed by atoms with E-state index in [1.54, 1.807) is 0 Å². The van der Waals surface area contributed by atoms with E-state index in [9.17, 15) is 0 Å². The van der Waals surface area contributed by atoms with Crippen molar-refractivity contribution < 1.29 is 0 Å². The zero-order valence-corrected chi connectivity index (χ0v) is 38.7. The molecule has 0 amide bonds. The third-order valence-electron chi connectivity index (χ3n) is 13.7. The second-order valence-electron chi connectivity index (χ2n) is 18.8. The summed E-state index contributed by atoms with van der Waals surface area (Å²) in [6.45, 7) is 13.6. The molecule has 0 unspecified atom stereocenters. The van der Waals surface area contributed by atoms with Crippen molar-refractivity contribution in [2.75, 3.05) is 9.80 Å². The highest BCUT2D eigenvalue weighted by Crippen LogP contribution is 2.52. The number of anilines is 6. The normalized spacial score (nSPS) is 11.8. The summed E-state index contributed by atoms with van der Waals surface area (Å²) in [4.78, 5) is 4.90. The summed E-state index contributed by atoms with van der Waals surface area (Å²) < 4.78 is 0. The summed E-state index contributed by atoms with van der Waals surface area (Å²) in [5, 5.41) is 4.96. The molecule has 0 saturated heterocycles.